The molecule has 0 aliphatic heterocycles. The number of aromatic amines is 1. The Hall–Kier alpha value is -3.55. The summed E-state index contributed by atoms with van der Waals surface area (Å²) in [6.07, 6.45) is -0.973. The average molecular weight is 429 g/mol. The zero-order valence-electron chi connectivity index (χ0n) is 16.6. The zero-order valence-corrected chi connectivity index (χ0v) is 16.6. The van der Waals surface area contributed by atoms with Crippen LogP contribution in [0.2, 0.25) is 0 Å². The Balaban J connectivity index is 1.41. The van der Waals surface area contributed by atoms with Crippen LogP contribution in [-0.4, -0.2) is 16.6 Å². The van der Waals surface area contributed by atoms with Gasteiger partial charge in [0, 0.05) is 41.1 Å². The van der Waals surface area contributed by atoms with Gasteiger partial charge in [0.1, 0.15) is 5.82 Å². The first-order valence-electron chi connectivity index (χ1n) is 9.59. The van der Waals surface area contributed by atoms with Crippen LogP contribution in [0.4, 0.5) is 28.9 Å². The first kappa shape index (κ1) is 20.7. The highest BCUT2D eigenvalue weighted by Crippen LogP contribution is 2.30. The predicted octanol–water partition coefficient (Wildman–Crippen LogP) is 6.39. The Labute approximate surface area is 175 Å². The Morgan fingerprint density at radius 2 is 1.84 bits per heavy atom. The van der Waals surface area contributed by atoms with Gasteiger partial charge in [-0.1, -0.05) is 12.1 Å². The van der Waals surface area contributed by atoms with Gasteiger partial charge in [0.15, 0.2) is 0 Å². The van der Waals surface area contributed by atoms with Crippen LogP contribution >= 0.6 is 0 Å². The van der Waals surface area contributed by atoms with Crippen LogP contribution in [0, 0.1) is 12.7 Å². The zero-order chi connectivity index (χ0) is 22.0. The molecule has 2 aromatic carbocycles. The van der Waals surface area contributed by atoms with Gasteiger partial charge in [0.2, 0.25) is 5.88 Å². The number of benzene rings is 2. The molecule has 4 rings (SSSR count). The smallest absolute Gasteiger partial charge is 0.416 e. The number of pyridine rings is 1. The standard InChI is InChI=1S/C23H19F4N3O/c1-14-20(30-17-6-7-18-19(24)13-29-21(18)12-17)8-10-28-22(14)31-11-9-15-2-4-16(5-3-15)23(25,26)27/h2-8,10,12-13,29H,9,11H2,1H3,(H,28,30). The summed E-state index contributed by atoms with van der Waals surface area (Å²) in [6, 6.07) is 12.1. The van der Waals surface area contributed by atoms with Crippen molar-refractivity contribution in [2.75, 3.05) is 11.9 Å². The van der Waals surface area contributed by atoms with Crippen LogP contribution in [0.25, 0.3) is 10.9 Å². The molecule has 2 aromatic heterocycles. The molecule has 2 heterocycles. The third-order valence-corrected chi connectivity index (χ3v) is 4.98. The van der Waals surface area contributed by atoms with Crippen molar-refractivity contribution in [3.8, 4) is 5.88 Å². The number of nitrogens with zero attached hydrogens (tertiary/aromatic N) is 1. The highest BCUT2D eigenvalue weighted by atomic mass is 19.4. The molecule has 31 heavy (non-hydrogen) atoms. The second-order valence-corrected chi connectivity index (χ2v) is 7.10. The Morgan fingerprint density at radius 1 is 1.06 bits per heavy atom. The van der Waals surface area contributed by atoms with E-state index in [4.69, 9.17) is 4.74 Å². The highest BCUT2D eigenvalue weighted by Gasteiger charge is 2.29. The van der Waals surface area contributed by atoms with Gasteiger partial charge < -0.3 is 15.0 Å². The number of fused-ring (bicyclic) bond motifs is 1. The number of aromatic nitrogens is 2. The van der Waals surface area contributed by atoms with E-state index in [1.807, 2.05) is 13.0 Å². The molecule has 0 atom stereocenters. The average Bonchev–Trinajstić information content (AvgIpc) is 3.10. The molecule has 0 radical (unpaired) electrons. The first-order valence-corrected chi connectivity index (χ1v) is 9.59. The number of H-pyrrole nitrogens is 1. The molecule has 2 N–H and O–H groups in total. The van der Waals surface area contributed by atoms with E-state index in [0.29, 0.717) is 23.2 Å². The molecule has 0 amide bonds. The van der Waals surface area contributed by atoms with Gasteiger partial charge in [-0.3, -0.25) is 0 Å². The van der Waals surface area contributed by atoms with Crippen molar-refractivity contribution in [3.05, 3.63) is 83.4 Å². The Bertz CT molecular complexity index is 1200. The lowest BCUT2D eigenvalue weighted by atomic mass is 10.1. The van der Waals surface area contributed by atoms with E-state index in [1.54, 1.807) is 24.4 Å². The minimum atomic E-state index is -4.34. The summed E-state index contributed by atoms with van der Waals surface area (Å²) >= 11 is 0. The van der Waals surface area contributed by atoms with Gasteiger partial charge in [0.05, 0.1) is 17.7 Å². The number of anilines is 2. The van der Waals surface area contributed by atoms with E-state index >= 15 is 0 Å². The summed E-state index contributed by atoms with van der Waals surface area (Å²) in [4.78, 5) is 7.13. The molecule has 0 fully saturated rings. The highest BCUT2D eigenvalue weighted by molar-refractivity contribution is 5.84. The number of nitrogens with one attached hydrogen (secondary N) is 2. The van der Waals surface area contributed by atoms with Crippen LogP contribution in [0.5, 0.6) is 5.88 Å². The summed E-state index contributed by atoms with van der Waals surface area (Å²) < 4.78 is 57.3. The number of ether oxygens (including phenoxy) is 1. The van der Waals surface area contributed by atoms with Crippen LogP contribution in [0.15, 0.2) is 60.9 Å². The van der Waals surface area contributed by atoms with Crippen molar-refractivity contribution in [1.29, 1.82) is 0 Å². The third-order valence-electron chi connectivity index (χ3n) is 4.98. The molecule has 0 bridgehead atoms. The molecule has 0 aliphatic carbocycles. The lowest BCUT2D eigenvalue weighted by molar-refractivity contribution is -0.137. The van der Waals surface area contributed by atoms with Gasteiger partial charge in [0.25, 0.3) is 0 Å². The maximum Gasteiger partial charge on any atom is 0.416 e. The second-order valence-electron chi connectivity index (χ2n) is 7.10. The number of alkyl halides is 3. The molecule has 160 valence electrons. The summed E-state index contributed by atoms with van der Waals surface area (Å²) in [5, 5.41) is 3.79. The van der Waals surface area contributed by atoms with E-state index in [-0.39, 0.29) is 12.4 Å². The largest absolute Gasteiger partial charge is 0.477 e. The molecule has 4 aromatic rings. The maximum absolute atomic E-state index is 13.6. The van der Waals surface area contributed by atoms with E-state index in [0.717, 1.165) is 34.6 Å². The predicted molar refractivity (Wildman–Crippen MR) is 111 cm³/mol. The fourth-order valence-electron chi connectivity index (χ4n) is 3.25. The van der Waals surface area contributed by atoms with E-state index in [1.165, 1.54) is 18.3 Å². The molecule has 0 aliphatic rings. The fraction of sp³-hybridized carbons (Fsp3) is 0.174. The van der Waals surface area contributed by atoms with Gasteiger partial charge in [-0.2, -0.15) is 13.2 Å². The van der Waals surface area contributed by atoms with Crippen LogP contribution < -0.4 is 10.1 Å². The number of halogens is 4. The lowest BCUT2D eigenvalue weighted by Gasteiger charge is -2.14. The van der Waals surface area contributed by atoms with Gasteiger partial charge in [-0.05, 0) is 48.9 Å². The van der Waals surface area contributed by atoms with Gasteiger partial charge in [-0.25, -0.2) is 9.37 Å². The number of hydrogen-bond acceptors (Lipinski definition) is 3. The molecule has 0 spiro atoms. The van der Waals surface area contributed by atoms with Gasteiger partial charge in [-0.15, -0.1) is 0 Å². The lowest BCUT2D eigenvalue weighted by Crippen LogP contribution is -2.07. The van der Waals surface area contributed by atoms with Crippen LogP contribution in [0.3, 0.4) is 0 Å². The van der Waals surface area contributed by atoms with Crippen molar-refractivity contribution in [2.24, 2.45) is 0 Å². The van der Waals surface area contributed by atoms with Crippen LogP contribution in [-0.2, 0) is 12.6 Å². The third kappa shape index (κ3) is 4.63. The second kappa shape index (κ2) is 8.29. The molecule has 0 saturated heterocycles. The SMILES string of the molecule is Cc1c(Nc2ccc3c(F)c[nH]c3c2)ccnc1OCCc1ccc(C(F)(F)F)cc1. The molecular formula is C23H19F4N3O. The van der Waals surface area contributed by atoms with Crippen molar-refractivity contribution in [2.45, 2.75) is 19.5 Å². The minimum absolute atomic E-state index is 0.274. The molecule has 0 unspecified atom stereocenters. The monoisotopic (exact) mass is 429 g/mol. The van der Waals surface area contributed by atoms with E-state index < -0.39 is 11.7 Å². The molecule has 8 heteroatoms. The maximum atomic E-state index is 13.6. The van der Waals surface area contributed by atoms with E-state index in [9.17, 15) is 17.6 Å². The Morgan fingerprint density at radius 3 is 2.58 bits per heavy atom. The van der Waals surface area contributed by atoms with Crippen molar-refractivity contribution in [1.82, 2.24) is 9.97 Å². The molecule has 4 nitrogen and oxygen atoms in total. The number of rotatable bonds is 6. The van der Waals surface area contributed by atoms with Crippen molar-refractivity contribution < 1.29 is 22.3 Å². The minimum Gasteiger partial charge on any atom is -0.477 e. The van der Waals surface area contributed by atoms with Crippen molar-refractivity contribution in [3.63, 3.8) is 0 Å². The fourth-order valence-corrected chi connectivity index (χ4v) is 3.25. The molecular weight excluding hydrogens is 410 g/mol. The number of hydrogen-bond donors (Lipinski definition) is 2. The summed E-state index contributed by atoms with van der Waals surface area (Å²) in [6.45, 7) is 2.13. The normalized spacial score (nSPS) is 11.6. The topological polar surface area (TPSA) is 49.9 Å². The quantitative estimate of drug-likeness (QED) is 0.349. The van der Waals surface area contributed by atoms with Crippen LogP contribution in [0.1, 0.15) is 16.7 Å². The summed E-state index contributed by atoms with van der Waals surface area (Å²) in [5.74, 6) is 0.134. The van der Waals surface area contributed by atoms with Gasteiger partial charge >= 0.3 is 6.18 Å². The Kier molecular flexibility index (Phi) is 5.54. The van der Waals surface area contributed by atoms with Crippen molar-refractivity contribution >= 4 is 22.3 Å². The van der Waals surface area contributed by atoms with E-state index in [2.05, 4.69) is 15.3 Å². The summed E-state index contributed by atoms with van der Waals surface area (Å²) in [7, 11) is 0. The first-order chi connectivity index (χ1) is 14.8. The summed E-state index contributed by atoms with van der Waals surface area (Å²) in [5.41, 5.74) is 3.10. The molecule has 0 saturated carbocycles.